The van der Waals surface area contributed by atoms with Crippen molar-refractivity contribution in [3.8, 4) is 28.1 Å². The van der Waals surface area contributed by atoms with Crippen LogP contribution in [0.5, 0.6) is 5.88 Å². The van der Waals surface area contributed by atoms with Gasteiger partial charge in [-0.15, -0.1) is 0 Å². The fraction of sp³-hybridized carbons (Fsp3) is 0.314. The van der Waals surface area contributed by atoms with Crippen LogP contribution in [-0.4, -0.2) is 50.1 Å². The number of pyridine rings is 2. The van der Waals surface area contributed by atoms with Gasteiger partial charge in [0.05, 0.1) is 27.1 Å². The molecule has 0 amide bonds. The molecule has 0 aliphatic rings. The van der Waals surface area contributed by atoms with Crippen molar-refractivity contribution in [1.82, 2.24) is 9.97 Å². The zero-order valence-corrected chi connectivity index (χ0v) is 29.2. The van der Waals surface area contributed by atoms with Gasteiger partial charge in [-0.1, -0.05) is 27.7 Å². The van der Waals surface area contributed by atoms with Gasteiger partial charge in [0.25, 0.3) is 0 Å². The number of hydrogen-bond donors (Lipinski definition) is 1. The molecule has 16 heteroatoms. The van der Waals surface area contributed by atoms with E-state index in [1.165, 1.54) is 50.7 Å². The summed E-state index contributed by atoms with van der Waals surface area (Å²) in [7, 11) is -3.43. The molecule has 0 atom stereocenters. The number of ether oxygens (including phenoxy) is 2. The van der Waals surface area contributed by atoms with E-state index in [9.17, 15) is 44.8 Å². The molecule has 2 aromatic carbocycles. The summed E-state index contributed by atoms with van der Waals surface area (Å²) in [5.74, 6) is -3.04. The second kappa shape index (κ2) is 16.7. The van der Waals surface area contributed by atoms with Crippen LogP contribution in [0.2, 0.25) is 0 Å². The van der Waals surface area contributed by atoms with Gasteiger partial charge in [-0.2, -0.15) is 21.6 Å². The molecule has 1 N–H and O–H groups in total. The Labute approximate surface area is 290 Å². The van der Waals surface area contributed by atoms with Gasteiger partial charge >= 0.3 is 27.6 Å². The predicted molar refractivity (Wildman–Crippen MR) is 177 cm³/mol. The number of nitrogens with one attached hydrogen (secondary N) is 1. The molecule has 0 fully saturated rings. The third-order valence-electron chi connectivity index (χ3n) is 7.45. The maximum atomic E-state index is 14.2. The number of rotatable bonds is 10. The quantitative estimate of drug-likeness (QED) is 0.0790. The van der Waals surface area contributed by atoms with Crippen LogP contribution in [0.4, 0.5) is 22.0 Å². The molecule has 0 saturated carbocycles. The zero-order valence-electron chi connectivity index (χ0n) is 28.4. The van der Waals surface area contributed by atoms with E-state index in [1.54, 1.807) is 19.9 Å². The number of alkyl halides is 3. The fourth-order valence-electron chi connectivity index (χ4n) is 5.08. The molecule has 0 radical (unpaired) electrons. The fourth-order valence-corrected chi connectivity index (χ4v) is 5.49. The summed E-state index contributed by atoms with van der Waals surface area (Å²) in [4.78, 5) is 41.0. The molecule has 51 heavy (non-hydrogen) atoms. The summed E-state index contributed by atoms with van der Waals surface area (Å²) in [6, 6.07) is 10.4. The minimum Gasteiger partial charge on any atom is -0.469 e. The Kier molecular flexibility index (Phi) is 13.2. The number of aromatic amines is 1. The molecule has 274 valence electrons. The lowest BCUT2D eigenvalue weighted by molar-refractivity contribution is -0.140. The third-order valence-corrected chi connectivity index (χ3v) is 8.41. The van der Waals surface area contributed by atoms with Gasteiger partial charge in [0.1, 0.15) is 11.6 Å². The predicted octanol–water partition coefficient (Wildman–Crippen LogP) is 6.97. The van der Waals surface area contributed by atoms with Crippen molar-refractivity contribution in [3.63, 3.8) is 0 Å². The molecule has 2 heterocycles. The number of methoxy groups -OCH3 is 2. The lowest BCUT2D eigenvalue weighted by Gasteiger charge is -2.18. The van der Waals surface area contributed by atoms with Crippen molar-refractivity contribution in [2.45, 2.75) is 57.9 Å². The Balaban J connectivity index is 0.000000286. The second-order valence-electron chi connectivity index (χ2n) is 11.7. The van der Waals surface area contributed by atoms with Crippen molar-refractivity contribution in [1.29, 1.82) is 0 Å². The van der Waals surface area contributed by atoms with Crippen LogP contribution in [0.1, 0.15) is 61.8 Å². The van der Waals surface area contributed by atoms with Gasteiger partial charge in [-0.3, -0.25) is 14.4 Å². The lowest BCUT2D eigenvalue weighted by atomic mass is 9.88. The van der Waals surface area contributed by atoms with Crippen LogP contribution in [0, 0.1) is 11.6 Å². The molecule has 0 aliphatic heterocycles. The molecule has 0 aliphatic carbocycles. The Bertz CT molecular complexity index is 2060. The molecule has 4 rings (SSSR count). The summed E-state index contributed by atoms with van der Waals surface area (Å²) >= 11 is 0. The maximum Gasteiger partial charge on any atom is 0.534 e. The smallest absolute Gasteiger partial charge is 0.469 e. The van der Waals surface area contributed by atoms with Gasteiger partial charge in [0, 0.05) is 24.5 Å². The molecule has 0 saturated heterocycles. The van der Waals surface area contributed by atoms with E-state index in [2.05, 4.69) is 18.9 Å². The van der Waals surface area contributed by atoms with E-state index < -0.39 is 45.1 Å². The molecule has 10 nitrogen and oxygen atoms in total. The summed E-state index contributed by atoms with van der Waals surface area (Å²) in [5, 5.41) is 0. The number of halogens is 5. The summed E-state index contributed by atoms with van der Waals surface area (Å²) in [5.41, 5.74) is -2.19. The molecule has 2 aromatic heterocycles. The first kappa shape index (κ1) is 40.3. The number of esters is 2. The van der Waals surface area contributed by atoms with Crippen LogP contribution < -0.4 is 9.74 Å². The minimum absolute atomic E-state index is 0.0342. The highest BCUT2D eigenvalue weighted by molar-refractivity contribution is 7.87. The Morgan fingerprint density at radius 3 is 1.67 bits per heavy atom. The van der Waals surface area contributed by atoms with Gasteiger partial charge in [0.2, 0.25) is 11.4 Å². The summed E-state index contributed by atoms with van der Waals surface area (Å²) in [6.45, 7) is 7.40. The number of benzene rings is 2. The van der Waals surface area contributed by atoms with Gasteiger partial charge < -0.3 is 18.6 Å². The van der Waals surface area contributed by atoms with Crippen LogP contribution in [0.3, 0.4) is 0 Å². The van der Waals surface area contributed by atoms with Crippen molar-refractivity contribution >= 4 is 22.1 Å². The maximum absolute atomic E-state index is 14.2. The van der Waals surface area contributed by atoms with Gasteiger partial charge in [-0.25, -0.2) is 13.8 Å². The SMILES string of the molecule is COC(=O)Cc1c(-c2cc[nH]c(=O)c2)cc(F)cc1C(C)C.COC(=O)Cc1c(-c2ccnc(OS(=O)(=O)C(F)(F)F)c2)cc(F)cc1C(C)C. The van der Waals surface area contributed by atoms with E-state index in [0.717, 1.165) is 23.9 Å². The van der Waals surface area contributed by atoms with Gasteiger partial charge in [-0.05, 0) is 92.7 Å². The third kappa shape index (κ3) is 10.4. The average molecular weight is 739 g/mol. The number of nitrogens with zero attached hydrogens (tertiary/aromatic N) is 1. The number of hydrogen-bond acceptors (Lipinski definition) is 9. The first-order valence-corrected chi connectivity index (χ1v) is 16.6. The number of H-pyrrole nitrogens is 1. The normalized spacial score (nSPS) is 11.5. The monoisotopic (exact) mass is 738 g/mol. The second-order valence-corrected chi connectivity index (χ2v) is 13.2. The average Bonchev–Trinajstić information content (AvgIpc) is 3.05. The molecule has 0 unspecified atom stereocenters. The van der Waals surface area contributed by atoms with E-state index in [-0.39, 0.29) is 41.4 Å². The standard InChI is InChI=1S/C18H17F4NO5S.C17H18FNO3/c1-10(2)13-7-12(19)8-14(15(13)9-17(24)27-3)11-4-5-23-16(6-11)28-29(25,26)18(20,21)22;1-10(2)13-7-12(18)8-14(15(13)9-17(21)22-3)11-4-5-19-16(20)6-11/h4-8,10H,9H2,1-3H3;4-8,10H,9H2,1-3H3,(H,19,20). The largest absolute Gasteiger partial charge is 0.534 e. The number of carbonyl (C=O) groups is 2. The zero-order chi connectivity index (χ0) is 38.3. The van der Waals surface area contributed by atoms with Crippen LogP contribution in [0.15, 0.2) is 65.7 Å². The molecule has 4 aromatic rings. The Morgan fingerprint density at radius 1 is 0.784 bits per heavy atom. The molecule has 0 spiro atoms. The molecule has 0 bridgehead atoms. The van der Waals surface area contributed by atoms with E-state index >= 15 is 0 Å². The van der Waals surface area contributed by atoms with Crippen LogP contribution in [0.25, 0.3) is 22.3 Å². The molecular formula is C35H35F5N2O8S. The van der Waals surface area contributed by atoms with Crippen molar-refractivity contribution in [3.05, 3.63) is 105 Å². The van der Waals surface area contributed by atoms with E-state index in [4.69, 9.17) is 4.74 Å². The van der Waals surface area contributed by atoms with Crippen LogP contribution in [-0.2, 0) is 42.0 Å². The lowest BCUT2D eigenvalue weighted by Crippen LogP contribution is -2.28. The van der Waals surface area contributed by atoms with Crippen molar-refractivity contribution in [2.75, 3.05) is 14.2 Å². The van der Waals surface area contributed by atoms with Crippen molar-refractivity contribution in [2.24, 2.45) is 0 Å². The van der Waals surface area contributed by atoms with E-state index in [1.807, 2.05) is 13.8 Å². The highest BCUT2D eigenvalue weighted by atomic mass is 32.2. The topological polar surface area (TPSA) is 142 Å². The summed E-state index contributed by atoms with van der Waals surface area (Å²) < 4.78 is 102. The van der Waals surface area contributed by atoms with Crippen LogP contribution >= 0.6 is 0 Å². The highest BCUT2D eigenvalue weighted by Crippen LogP contribution is 2.35. The minimum atomic E-state index is -5.92. The molecular weight excluding hydrogens is 703 g/mol. The van der Waals surface area contributed by atoms with Crippen molar-refractivity contribution < 1.29 is 53.6 Å². The van der Waals surface area contributed by atoms with E-state index in [0.29, 0.717) is 27.8 Å². The summed E-state index contributed by atoms with van der Waals surface area (Å²) in [6.07, 6.45) is 2.32. The number of carbonyl (C=O) groups excluding carboxylic acids is 2. The Hall–Kier alpha value is -5.12. The first-order valence-electron chi connectivity index (χ1n) is 15.2. The number of aromatic nitrogens is 2. The highest BCUT2D eigenvalue weighted by Gasteiger charge is 2.48. The Morgan fingerprint density at radius 2 is 1.25 bits per heavy atom. The van der Waals surface area contributed by atoms with Gasteiger partial charge in [0.15, 0.2) is 0 Å². The first-order chi connectivity index (χ1) is 23.8.